The van der Waals surface area contributed by atoms with Gasteiger partial charge in [0.25, 0.3) is 0 Å². The van der Waals surface area contributed by atoms with Gasteiger partial charge in [-0.25, -0.2) is 4.98 Å². The smallest absolute Gasteiger partial charge is 0.231 e. The van der Waals surface area contributed by atoms with Crippen molar-refractivity contribution in [2.45, 2.75) is 0 Å². The highest BCUT2D eigenvalue weighted by Gasteiger charge is 2.15. The van der Waals surface area contributed by atoms with Crippen molar-refractivity contribution in [3.8, 4) is 11.5 Å². The second-order valence-corrected chi connectivity index (χ2v) is 5.68. The van der Waals surface area contributed by atoms with E-state index < -0.39 is 0 Å². The Balaban J connectivity index is 1.62. The molecule has 4 rings (SSSR count). The van der Waals surface area contributed by atoms with Crippen LogP contribution in [0, 0.1) is 0 Å². The molecule has 4 nitrogen and oxygen atoms in total. The Morgan fingerprint density at radius 1 is 1.08 bits per heavy atom. The number of benzene rings is 2. The lowest BCUT2D eigenvalue weighted by Crippen LogP contribution is -1.94. The van der Waals surface area contributed by atoms with Crippen molar-refractivity contribution in [2.24, 2.45) is 0 Å². The van der Waals surface area contributed by atoms with Crippen LogP contribution in [0.15, 0.2) is 54.6 Å². The van der Waals surface area contributed by atoms with Crippen molar-refractivity contribution < 1.29 is 14.3 Å². The van der Waals surface area contributed by atoms with E-state index in [4.69, 9.17) is 21.1 Å². The molecular weight excluding hydrogens is 326 g/mol. The van der Waals surface area contributed by atoms with Gasteiger partial charge in [0.15, 0.2) is 17.3 Å². The number of aromatic nitrogens is 1. The molecule has 0 spiro atoms. The normalized spacial score (nSPS) is 12.9. The molecule has 0 aliphatic carbocycles. The SMILES string of the molecule is O=C(/C=C/c1cc2ccccc2nc1Cl)c1ccc2c(c1)OCO2. The van der Waals surface area contributed by atoms with E-state index in [0.717, 1.165) is 10.9 Å². The zero-order chi connectivity index (χ0) is 16.5. The molecule has 2 heterocycles. The molecule has 0 atom stereocenters. The number of ether oxygens (including phenoxy) is 2. The van der Waals surface area contributed by atoms with E-state index >= 15 is 0 Å². The molecule has 5 heteroatoms. The van der Waals surface area contributed by atoms with Crippen molar-refractivity contribution in [3.05, 3.63) is 70.9 Å². The van der Waals surface area contributed by atoms with Crippen molar-refractivity contribution in [1.29, 1.82) is 0 Å². The minimum atomic E-state index is -0.141. The first-order chi connectivity index (χ1) is 11.7. The maximum Gasteiger partial charge on any atom is 0.231 e. The Labute approximate surface area is 143 Å². The maximum atomic E-state index is 12.3. The molecular formula is C19H12ClNO3. The molecule has 0 radical (unpaired) electrons. The van der Waals surface area contributed by atoms with Crippen molar-refractivity contribution >= 4 is 34.4 Å². The highest BCUT2D eigenvalue weighted by atomic mass is 35.5. The van der Waals surface area contributed by atoms with Gasteiger partial charge in [0.05, 0.1) is 5.52 Å². The zero-order valence-corrected chi connectivity index (χ0v) is 13.3. The molecule has 0 saturated carbocycles. The average molecular weight is 338 g/mol. The van der Waals surface area contributed by atoms with E-state index in [9.17, 15) is 4.79 Å². The van der Waals surface area contributed by atoms with Crippen LogP contribution in [-0.2, 0) is 0 Å². The summed E-state index contributed by atoms with van der Waals surface area (Å²) in [6, 6.07) is 14.7. The van der Waals surface area contributed by atoms with Crippen molar-refractivity contribution in [1.82, 2.24) is 4.98 Å². The van der Waals surface area contributed by atoms with Gasteiger partial charge in [-0.05, 0) is 42.5 Å². The molecule has 118 valence electrons. The lowest BCUT2D eigenvalue weighted by molar-refractivity contribution is 0.104. The molecule has 0 bridgehead atoms. The fraction of sp³-hybridized carbons (Fsp3) is 0.0526. The topological polar surface area (TPSA) is 48.4 Å². The Morgan fingerprint density at radius 3 is 2.83 bits per heavy atom. The highest BCUT2D eigenvalue weighted by molar-refractivity contribution is 6.31. The van der Waals surface area contributed by atoms with Crippen LogP contribution in [0.4, 0.5) is 0 Å². The molecule has 0 amide bonds. The quantitative estimate of drug-likeness (QED) is 0.401. The molecule has 3 aromatic rings. The third-order valence-electron chi connectivity index (χ3n) is 3.78. The first-order valence-electron chi connectivity index (χ1n) is 7.38. The number of rotatable bonds is 3. The van der Waals surface area contributed by atoms with Crippen LogP contribution in [-0.4, -0.2) is 17.6 Å². The Kier molecular flexibility index (Phi) is 3.67. The number of fused-ring (bicyclic) bond motifs is 2. The molecule has 2 aromatic carbocycles. The summed E-state index contributed by atoms with van der Waals surface area (Å²) in [4.78, 5) is 16.7. The number of carbonyl (C=O) groups is 1. The molecule has 0 unspecified atom stereocenters. The Bertz CT molecular complexity index is 982. The summed E-state index contributed by atoms with van der Waals surface area (Å²) >= 11 is 6.20. The second-order valence-electron chi connectivity index (χ2n) is 5.33. The van der Waals surface area contributed by atoms with Crippen LogP contribution >= 0.6 is 11.6 Å². The van der Waals surface area contributed by atoms with Gasteiger partial charge >= 0.3 is 0 Å². The number of hydrogen-bond donors (Lipinski definition) is 0. The van der Waals surface area contributed by atoms with Gasteiger partial charge in [-0.2, -0.15) is 0 Å². The first-order valence-corrected chi connectivity index (χ1v) is 7.76. The zero-order valence-electron chi connectivity index (χ0n) is 12.5. The van der Waals surface area contributed by atoms with Crippen LogP contribution in [0.3, 0.4) is 0 Å². The van der Waals surface area contributed by atoms with Gasteiger partial charge < -0.3 is 9.47 Å². The monoisotopic (exact) mass is 337 g/mol. The Hall–Kier alpha value is -2.85. The van der Waals surface area contributed by atoms with Crippen molar-refractivity contribution in [2.75, 3.05) is 6.79 Å². The number of nitrogens with zero attached hydrogens (tertiary/aromatic N) is 1. The standard InChI is InChI=1S/C19H12ClNO3/c20-19-14(9-12-3-1-2-4-15(12)21-19)5-7-16(22)13-6-8-17-18(10-13)24-11-23-17/h1-10H,11H2/b7-5+. The number of pyridine rings is 1. The summed E-state index contributed by atoms with van der Waals surface area (Å²) < 4.78 is 10.5. The molecule has 1 aromatic heterocycles. The number of ketones is 1. The fourth-order valence-corrected chi connectivity index (χ4v) is 2.75. The fourth-order valence-electron chi connectivity index (χ4n) is 2.54. The number of halogens is 1. The number of hydrogen-bond acceptors (Lipinski definition) is 4. The summed E-state index contributed by atoms with van der Waals surface area (Å²) in [7, 11) is 0. The van der Waals surface area contributed by atoms with Gasteiger partial charge in [0.2, 0.25) is 6.79 Å². The number of para-hydroxylation sites is 1. The lowest BCUT2D eigenvalue weighted by Gasteiger charge is -2.02. The predicted octanol–water partition coefficient (Wildman–Crippen LogP) is 4.51. The van der Waals surface area contributed by atoms with Crippen LogP contribution in [0.5, 0.6) is 11.5 Å². The molecule has 1 aliphatic rings. The van der Waals surface area contributed by atoms with E-state index in [0.29, 0.717) is 27.8 Å². The van der Waals surface area contributed by atoms with Gasteiger partial charge in [0.1, 0.15) is 5.15 Å². The molecule has 0 fully saturated rings. The van der Waals surface area contributed by atoms with Gasteiger partial charge in [-0.1, -0.05) is 29.8 Å². The summed E-state index contributed by atoms with van der Waals surface area (Å²) in [6.07, 6.45) is 3.16. The van der Waals surface area contributed by atoms with E-state index in [1.165, 1.54) is 6.08 Å². The first kappa shape index (κ1) is 14.7. The van der Waals surface area contributed by atoms with Crippen LogP contribution < -0.4 is 9.47 Å². The molecule has 24 heavy (non-hydrogen) atoms. The summed E-state index contributed by atoms with van der Waals surface area (Å²) in [5, 5.41) is 1.33. The van der Waals surface area contributed by atoms with E-state index in [2.05, 4.69) is 4.98 Å². The van der Waals surface area contributed by atoms with Gasteiger partial charge in [-0.3, -0.25) is 4.79 Å². The van der Waals surface area contributed by atoms with E-state index in [-0.39, 0.29) is 12.6 Å². The summed E-state index contributed by atoms with van der Waals surface area (Å²) in [5.74, 6) is 1.09. The van der Waals surface area contributed by atoms with Crippen molar-refractivity contribution in [3.63, 3.8) is 0 Å². The predicted molar refractivity (Wildman–Crippen MR) is 92.7 cm³/mol. The third kappa shape index (κ3) is 2.72. The Morgan fingerprint density at radius 2 is 1.92 bits per heavy atom. The lowest BCUT2D eigenvalue weighted by atomic mass is 10.1. The minimum absolute atomic E-state index is 0.141. The average Bonchev–Trinajstić information content (AvgIpc) is 3.07. The van der Waals surface area contributed by atoms with Crippen LogP contribution in [0.25, 0.3) is 17.0 Å². The number of allylic oxidation sites excluding steroid dienone is 1. The largest absolute Gasteiger partial charge is 0.454 e. The van der Waals surface area contributed by atoms with Crippen LogP contribution in [0.1, 0.15) is 15.9 Å². The molecule has 0 saturated heterocycles. The molecule has 1 aliphatic heterocycles. The molecule has 0 N–H and O–H groups in total. The summed E-state index contributed by atoms with van der Waals surface area (Å²) in [6.45, 7) is 0.182. The minimum Gasteiger partial charge on any atom is -0.454 e. The maximum absolute atomic E-state index is 12.3. The summed E-state index contributed by atoms with van der Waals surface area (Å²) in [5.41, 5.74) is 2.05. The highest BCUT2D eigenvalue weighted by Crippen LogP contribution is 2.32. The third-order valence-corrected chi connectivity index (χ3v) is 4.08. The van der Waals surface area contributed by atoms with Crippen LogP contribution in [0.2, 0.25) is 5.15 Å². The van der Waals surface area contributed by atoms with Gasteiger partial charge in [0, 0.05) is 16.5 Å². The second kappa shape index (κ2) is 5.98. The number of carbonyl (C=O) groups excluding carboxylic acids is 1. The van der Waals surface area contributed by atoms with Gasteiger partial charge in [-0.15, -0.1) is 0 Å². The van der Waals surface area contributed by atoms with E-state index in [1.807, 2.05) is 30.3 Å². The van der Waals surface area contributed by atoms with E-state index in [1.54, 1.807) is 24.3 Å².